The van der Waals surface area contributed by atoms with Gasteiger partial charge in [-0.25, -0.2) is 13.1 Å². The van der Waals surface area contributed by atoms with Crippen molar-refractivity contribution in [3.63, 3.8) is 0 Å². The number of carbonyl (C=O) groups is 2. The maximum Gasteiger partial charge on any atom is 0.256 e. The van der Waals surface area contributed by atoms with Crippen LogP contribution in [-0.2, 0) is 37.6 Å². The lowest BCUT2D eigenvalue weighted by molar-refractivity contribution is -0.122. The zero-order valence-electron chi connectivity index (χ0n) is 19.1. The average Bonchev–Trinajstić information content (AvgIpc) is 3.42. The van der Waals surface area contributed by atoms with Crippen LogP contribution < -0.4 is 10.6 Å². The number of methoxy groups -OCH3 is 1. The van der Waals surface area contributed by atoms with Crippen molar-refractivity contribution in [3.05, 3.63) is 41.1 Å². The molecule has 1 saturated heterocycles. The van der Waals surface area contributed by atoms with Crippen LogP contribution in [0.5, 0.6) is 0 Å². The molecular weight excluding hydrogens is 478 g/mol. The van der Waals surface area contributed by atoms with Gasteiger partial charge in [0, 0.05) is 49.4 Å². The number of hydrogen-bond acceptors (Lipinski definition) is 7. The molecule has 1 aromatic heterocycles. The number of ether oxygens (including phenoxy) is 1. The van der Waals surface area contributed by atoms with Gasteiger partial charge < -0.3 is 15.4 Å². The Bertz CT molecular complexity index is 1140. The normalized spacial score (nSPS) is 16.3. The molecular formula is C22H29N5O5S2. The molecule has 2 amide bonds. The number of nitrogens with zero attached hydrogens (tertiary/aromatic N) is 3. The standard InChI is InChI=1S/C22H29N5O5S2/c1-32-12-9-23-20(28)13-27-21(18-14-33-15-19(18)25-27)24-22(29)16-5-7-17(8-6-16)34(30,31)26-10-3-2-4-11-26/h5-8H,2-4,9-15H2,1H3,(H,23,28)(H,24,29). The van der Waals surface area contributed by atoms with Crippen LogP contribution in [0.1, 0.15) is 40.9 Å². The lowest BCUT2D eigenvalue weighted by atomic mass is 10.2. The number of fused-ring (bicyclic) bond motifs is 1. The molecule has 10 nitrogen and oxygen atoms in total. The second kappa shape index (κ2) is 10.9. The number of hydrogen-bond donors (Lipinski definition) is 2. The predicted molar refractivity (Wildman–Crippen MR) is 129 cm³/mol. The minimum atomic E-state index is -3.56. The fraction of sp³-hybridized carbons (Fsp3) is 0.500. The Kier molecular flexibility index (Phi) is 7.91. The van der Waals surface area contributed by atoms with Crippen LogP contribution in [0.15, 0.2) is 29.2 Å². The maximum atomic E-state index is 13.0. The van der Waals surface area contributed by atoms with E-state index < -0.39 is 10.0 Å². The quantitative estimate of drug-likeness (QED) is 0.497. The summed E-state index contributed by atoms with van der Waals surface area (Å²) in [5.41, 5.74) is 2.09. The summed E-state index contributed by atoms with van der Waals surface area (Å²) in [7, 11) is -2.00. The number of nitrogens with one attached hydrogen (secondary N) is 2. The Balaban J connectivity index is 1.48. The Morgan fingerprint density at radius 1 is 1.12 bits per heavy atom. The second-order valence-electron chi connectivity index (χ2n) is 8.21. The zero-order valence-corrected chi connectivity index (χ0v) is 20.7. The Morgan fingerprint density at radius 3 is 2.56 bits per heavy atom. The van der Waals surface area contributed by atoms with Crippen molar-refractivity contribution in [1.82, 2.24) is 19.4 Å². The van der Waals surface area contributed by atoms with Crippen LogP contribution in [-0.4, -0.2) is 67.7 Å². The SMILES string of the molecule is COCCNC(=O)Cn1nc2c(c1NC(=O)c1ccc(S(=O)(=O)N3CCCCC3)cc1)CSC2. The molecule has 0 spiro atoms. The molecule has 0 bridgehead atoms. The van der Waals surface area contributed by atoms with Crippen LogP contribution >= 0.6 is 11.8 Å². The number of sulfonamides is 1. The van der Waals surface area contributed by atoms with Gasteiger partial charge in [0.05, 0.1) is 17.2 Å². The van der Waals surface area contributed by atoms with E-state index in [4.69, 9.17) is 4.74 Å². The largest absolute Gasteiger partial charge is 0.383 e. The molecule has 2 aromatic rings. The van der Waals surface area contributed by atoms with Gasteiger partial charge in [0.1, 0.15) is 12.4 Å². The smallest absolute Gasteiger partial charge is 0.256 e. The van der Waals surface area contributed by atoms with E-state index in [9.17, 15) is 18.0 Å². The fourth-order valence-electron chi connectivity index (χ4n) is 4.02. The highest BCUT2D eigenvalue weighted by Gasteiger charge is 2.27. The van der Waals surface area contributed by atoms with Crippen molar-refractivity contribution in [2.45, 2.75) is 42.2 Å². The summed E-state index contributed by atoms with van der Waals surface area (Å²) in [6.07, 6.45) is 2.76. The minimum absolute atomic E-state index is 0.0238. The summed E-state index contributed by atoms with van der Waals surface area (Å²) in [5, 5.41) is 10.1. The molecule has 2 aliphatic heterocycles. The molecule has 0 aliphatic carbocycles. The van der Waals surface area contributed by atoms with Crippen molar-refractivity contribution in [1.29, 1.82) is 0 Å². The summed E-state index contributed by atoms with van der Waals surface area (Å²) < 4.78 is 33.7. The van der Waals surface area contributed by atoms with E-state index in [1.807, 2.05) is 0 Å². The van der Waals surface area contributed by atoms with Crippen LogP contribution in [0.25, 0.3) is 0 Å². The zero-order chi connectivity index (χ0) is 24.1. The number of rotatable bonds is 9. The Labute approximate surface area is 203 Å². The van der Waals surface area contributed by atoms with Gasteiger partial charge in [0.15, 0.2) is 0 Å². The second-order valence-corrected chi connectivity index (χ2v) is 11.1. The maximum absolute atomic E-state index is 13.0. The molecule has 0 radical (unpaired) electrons. The first-order valence-electron chi connectivity index (χ1n) is 11.2. The van der Waals surface area contributed by atoms with Crippen LogP contribution in [0, 0.1) is 0 Å². The van der Waals surface area contributed by atoms with Gasteiger partial charge in [-0.05, 0) is 37.1 Å². The third-order valence-electron chi connectivity index (χ3n) is 5.84. The first-order chi connectivity index (χ1) is 16.4. The number of benzene rings is 1. The molecule has 3 heterocycles. The van der Waals surface area contributed by atoms with Crippen LogP contribution in [0.3, 0.4) is 0 Å². The van der Waals surface area contributed by atoms with Gasteiger partial charge >= 0.3 is 0 Å². The Morgan fingerprint density at radius 2 is 1.85 bits per heavy atom. The summed E-state index contributed by atoms with van der Waals surface area (Å²) in [6.45, 7) is 1.82. The summed E-state index contributed by atoms with van der Waals surface area (Å²) in [4.78, 5) is 25.4. The first kappa shape index (κ1) is 24.7. The van der Waals surface area contributed by atoms with Crippen molar-refractivity contribution < 1.29 is 22.7 Å². The van der Waals surface area contributed by atoms with E-state index >= 15 is 0 Å². The van der Waals surface area contributed by atoms with E-state index in [1.54, 1.807) is 18.9 Å². The average molecular weight is 508 g/mol. The number of thioether (sulfide) groups is 1. The van der Waals surface area contributed by atoms with Gasteiger partial charge in [-0.15, -0.1) is 0 Å². The number of piperidine rings is 1. The van der Waals surface area contributed by atoms with E-state index in [0.29, 0.717) is 43.4 Å². The third kappa shape index (κ3) is 5.45. The topological polar surface area (TPSA) is 123 Å². The van der Waals surface area contributed by atoms with Crippen LogP contribution in [0.2, 0.25) is 0 Å². The molecule has 1 fully saturated rings. The molecule has 184 valence electrons. The molecule has 34 heavy (non-hydrogen) atoms. The molecule has 1 aromatic carbocycles. The Hall–Kier alpha value is -2.41. The molecule has 2 N–H and O–H groups in total. The summed E-state index contributed by atoms with van der Waals surface area (Å²) in [5.74, 6) is 1.30. The first-order valence-corrected chi connectivity index (χ1v) is 13.8. The summed E-state index contributed by atoms with van der Waals surface area (Å²) >= 11 is 1.69. The third-order valence-corrected chi connectivity index (χ3v) is 8.73. The highest BCUT2D eigenvalue weighted by Crippen LogP contribution is 2.35. The number of amides is 2. The van der Waals surface area contributed by atoms with E-state index in [0.717, 1.165) is 36.3 Å². The van der Waals surface area contributed by atoms with Gasteiger partial charge in [0.2, 0.25) is 15.9 Å². The molecule has 4 rings (SSSR count). The van der Waals surface area contributed by atoms with Crippen molar-refractivity contribution in [2.75, 3.05) is 38.7 Å². The monoisotopic (exact) mass is 507 g/mol. The van der Waals surface area contributed by atoms with E-state index in [1.165, 1.54) is 33.3 Å². The predicted octanol–water partition coefficient (Wildman–Crippen LogP) is 1.82. The van der Waals surface area contributed by atoms with Crippen molar-refractivity contribution in [3.8, 4) is 0 Å². The van der Waals surface area contributed by atoms with Gasteiger partial charge in [-0.1, -0.05) is 6.42 Å². The van der Waals surface area contributed by atoms with E-state index in [-0.39, 0.29) is 23.3 Å². The van der Waals surface area contributed by atoms with Crippen molar-refractivity contribution >= 4 is 39.4 Å². The van der Waals surface area contributed by atoms with E-state index in [2.05, 4.69) is 15.7 Å². The van der Waals surface area contributed by atoms with Crippen molar-refractivity contribution in [2.24, 2.45) is 0 Å². The number of carbonyl (C=O) groups excluding carboxylic acids is 2. The van der Waals surface area contributed by atoms with Crippen LogP contribution in [0.4, 0.5) is 5.82 Å². The van der Waals surface area contributed by atoms with Gasteiger partial charge in [-0.3, -0.25) is 9.59 Å². The van der Waals surface area contributed by atoms with Gasteiger partial charge in [0.25, 0.3) is 5.91 Å². The number of anilines is 1. The molecule has 0 saturated carbocycles. The minimum Gasteiger partial charge on any atom is -0.383 e. The number of aromatic nitrogens is 2. The highest BCUT2D eigenvalue weighted by atomic mass is 32.2. The molecule has 2 aliphatic rings. The molecule has 0 atom stereocenters. The fourth-order valence-corrected chi connectivity index (χ4v) is 6.57. The lowest BCUT2D eigenvalue weighted by Crippen LogP contribution is -2.35. The molecule has 12 heteroatoms. The lowest BCUT2D eigenvalue weighted by Gasteiger charge is -2.25. The highest BCUT2D eigenvalue weighted by molar-refractivity contribution is 7.98. The molecule has 0 unspecified atom stereocenters. The van der Waals surface area contributed by atoms with Gasteiger partial charge in [-0.2, -0.15) is 21.2 Å². The summed E-state index contributed by atoms with van der Waals surface area (Å²) in [6, 6.07) is 5.97.